The summed E-state index contributed by atoms with van der Waals surface area (Å²) < 4.78 is 13.3. The quantitative estimate of drug-likeness (QED) is 0.905. The number of phenolic OH excluding ortho intramolecular Hbond substituents is 2. The fraction of sp³-hybridized carbons (Fsp3) is 0.133. The van der Waals surface area contributed by atoms with Gasteiger partial charge in [0.05, 0.1) is 0 Å². The highest BCUT2D eigenvalue weighted by Crippen LogP contribution is 2.29. The van der Waals surface area contributed by atoms with Gasteiger partial charge >= 0.3 is 0 Å². The first-order chi connectivity index (χ1) is 9.54. The Hall–Kier alpha value is -2.56. The van der Waals surface area contributed by atoms with Gasteiger partial charge in [-0.3, -0.25) is 4.79 Å². The zero-order valence-corrected chi connectivity index (χ0v) is 10.9. The van der Waals surface area contributed by atoms with Gasteiger partial charge in [0.25, 0.3) is 5.91 Å². The number of anilines is 1. The van der Waals surface area contributed by atoms with Crippen LogP contribution in [0.3, 0.4) is 0 Å². The van der Waals surface area contributed by atoms with E-state index in [2.05, 4.69) is 0 Å². The van der Waals surface area contributed by atoms with E-state index in [-0.39, 0.29) is 23.6 Å². The molecule has 4 nitrogen and oxygen atoms in total. The molecule has 0 aliphatic heterocycles. The molecule has 1 amide bonds. The average Bonchev–Trinajstić information content (AvgIpc) is 2.39. The molecule has 0 aliphatic carbocycles. The lowest BCUT2D eigenvalue weighted by molar-refractivity contribution is 0.0983. The summed E-state index contributed by atoms with van der Waals surface area (Å²) in [5.41, 5.74) is 0.166. The third kappa shape index (κ3) is 2.56. The number of amides is 1. The van der Waals surface area contributed by atoms with Crippen molar-refractivity contribution in [3.63, 3.8) is 0 Å². The Balaban J connectivity index is 2.45. The second-order valence-corrected chi connectivity index (χ2v) is 4.20. The Kier molecular flexibility index (Phi) is 3.89. The first kappa shape index (κ1) is 13.9. The van der Waals surface area contributed by atoms with E-state index >= 15 is 0 Å². The van der Waals surface area contributed by atoms with E-state index in [0.717, 1.165) is 0 Å². The molecule has 2 aromatic rings. The summed E-state index contributed by atoms with van der Waals surface area (Å²) in [5.74, 6) is -1.68. The Morgan fingerprint density at radius 1 is 1.15 bits per heavy atom. The molecule has 0 atom stereocenters. The van der Waals surface area contributed by atoms with Crippen LogP contribution >= 0.6 is 0 Å². The third-order valence-electron chi connectivity index (χ3n) is 2.92. The maximum absolute atomic E-state index is 13.3. The summed E-state index contributed by atoms with van der Waals surface area (Å²) in [6.45, 7) is 2.00. The van der Waals surface area contributed by atoms with Gasteiger partial charge in [0.2, 0.25) is 0 Å². The maximum Gasteiger partial charge on any atom is 0.265 e. The van der Waals surface area contributed by atoms with Crippen molar-refractivity contribution in [1.29, 1.82) is 0 Å². The molecule has 2 aromatic carbocycles. The molecule has 2 N–H and O–H groups in total. The smallest absolute Gasteiger partial charge is 0.265 e. The highest BCUT2D eigenvalue weighted by molar-refractivity contribution is 6.09. The number of halogens is 1. The number of hydrogen-bond acceptors (Lipinski definition) is 3. The van der Waals surface area contributed by atoms with Crippen molar-refractivity contribution in [3.05, 3.63) is 53.8 Å². The fourth-order valence-electron chi connectivity index (χ4n) is 1.97. The number of benzene rings is 2. The van der Waals surface area contributed by atoms with E-state index in [1.165, 1.54) is 41.3 Å². The molecule has 0 unspecified atom stereocenters. The predicted molar refractivity (Wildman–Crippen MR) is 73.5 cm³/mol. The lowest BCUT2D eigenvalue weighted by Gasteiger charge is -2.22. The van der Waals surface area contributed by atoms with Crippen LogP contribution < -0.4 is 4.90 Å². The number of aromatic hydroxyl groups is 2. The van der Waals surface area contributed by atoms with Crippen LogP contribution in [-0.4, -0.2) is 22.7 Å². The summed E-state index contributed by atoms with van der Waals surface area (Å²) in [7, 11) is 0. The molecule has 0 saturated carbocycles. The van der Waals surface area contributed by atoms with E-state index in [9.17, 15) is 19.4 Å². The van der Waals surface area contributed by atoms with Crippen LogP contribution in [0.4, 0.5) is 10.1 Å². The molecule has 104 valence electrons. The van der Waals surface area contributed by atoms with E-state index in [1.807, 2.05) is 0 Å². The summed E-state index contributed by atoms with van der Waals surface area (Å²) in [6.07, 6.45) is 0. The number of nitrogens with zero attached hydrogens (tertiary/aromatic N) is 1. The summed E-state index contributed by atoms with van der Waals surface area (Å²) in [4.78, 5) is 13.7. The highest BCUT2D eigenvalue weighted by atomic mass is 19.1. The van der Waals surface area contributed by atoms with Gasteiger partial charge in [0.1, 0.15) is 22.9 Å². The van der Waals surface area contributed by atoms with Crippen molar-refractivity contribution < 1.29 is 19.4 Å². The Morgan fingerprint density at radius 3 is 2.30 bits per heavy atom. The number of carbonyl (C=O) groups is 1. The molecule has 0 aromatic heterocycles. The molecule has 0 saturated heterocycles. The van der Waals surface area contributed by atoms with Crippen molar-refractivity contribution in [2.75, 3.05) is 11.4 Å². The van der Waals surface area contributed by atoms with Crippen LogP contribution in [0.5, 0.6) is 11.5 Å². The summed E-state index contributed by atoms with van der Waals surface area (Å²) >= 11 is 0. The SMILES string of the molecule is CCN(C(=O)c1c(O)cccc1O)c1cccc(F)c1. The van der Waals surface area contributed by atoms with Crippen molar-refractivity contribution >= 4 is 11.6 Å². The molecule has 0 spiro atoms. The molecule has 0 fully saturated rings. The Labute approximate surface area is 115 Å². The average molecular weight is 275 g/mol. The fourth-order valence-corrected chi connectivity index (χ4v) is 1.97. The largest absolute Gasteiger partial charge is 0.507 e. The van der Waals surface area contributed by atoms with Gasteiger partial charge in [-0.15, -0.1) is 0 Å². The molecule has 20 heavy (non-hydrogen) atoms. The third-order valence-corrected chi connectivity index (χ3v) is 2.92. The van der Waals surface area contributed by atoms with E-state index in [1.54, 1.807) is 13.0 Å². The molecule has 5 heteroatoms. The monoisotopic (exact) mass is 275 g/mol. The van der Waals surface area contributed by atoms with Gasteiger partial charge in [-0.1, -0.05) is 12.1 Å². The van der Waals surface area contributed by atoms with Crippen LogP contribution in [0.1, 0.15) is 17.3 Å². The lowest BCUT2D eigenvalue weighted by atomic mass is 10.1. The minimum absolute atomic E-state index is 0.196. The van der Waals surface area contributed by atoms with Crippen LogP contribution in [0.25, 0.3) is 0 Å². The Morgan fingerprint density at radius 2 is 1.75 bits per heavy atom. The van der Waals surface area contributed by atoms with E-state index in [4.69, 9.17) is 0 Å². The van der Waals surface area contributed by atoms with E-state index in [0.29, 0.717) is 5.69 Å². The zero-order chi connectivity index (χ0) is 14.7. The first-order valence-corrected chi connectivity index (χ1v) is 6.13. The predicted octanol–water partition coefficient (Wildman–Crippen LogP) is 2.90. The summed E-state index contributed by atoms with van der Waals surface area (Å²) in [5, 5.41) is 19.5. The minimum Gasteiger partial charge on any atom is -0.507 e. The van der Waals surface area contributed by atoms with E-state index < -0.39 is 11.7 Å². The van der Waals surface area contributed by atoms with Crippen LogP contribution in [0.2, 0.25) is 0 Å². The van der Waals surface area contributed by atoms with Gasteiger partial charge in [0, 0.05) is 12.2 Å². The van der Waals surface area contributed by atoms with Crippen molar-refractivity contribution in [3.8, 4) is 11.5 Å². The Bertz CT molecular complexity index is 623. The molecule has 0 heterocycles. The highest BCUT2D eigenvalue weighted by Gasteiger charge is 2.22. The molecular weight excluding hydrogens is 261 g/mol. The van der Waals surface area contributed by atoms with Gasteiger partial charge in [0.15, 0.2) is 0 Å². The molecule has 0 bridgehead atoms. The number of hydrogen-bond donors (Lipinski definition) is 2. The van der Waals surface area contributed by atoms with Crippen LogP contribution in [0.15, 0.2) is 42.5 Å². The standard InChI is InChI=1S/C15H14FNO3/c1-2-17(11-6-3-5-10(16)9-11)15(20)14-12(18)7-4-8-13(14)19/h3-9,18-19H,2H2,1H3. The molecular formula is C15H14FNO3. The van der Waals surface area contributed by atoms with Crippen molar-refractivity contribution in [2.24, 2.45) is 0 Å². The second kappa shape index (κ2) is 5.61. The van der Waals surface area contributed by atoms with Gasteiger partial charge < -0.3 is 15.1 Å². The maximum atomic E-state index is 13.3. The van der Waals surface area contributed by atoms with Crippen LogP contribution in [-0.2, 0) is 0 Å². The van der Waals surface area contributed by atoms with Gasteiger partial charge in [-0.25, -0.2) is 4.39 Å². The van der Waals surface area contributed by atoms with Gasteiger partial charge in [-0.2, -0.15) is 0 Å². The van der Waals surface area contributed by atoms with Crippen LogP contribution in [0, 0.1) is 5.82 Å². The normalized spacial score (nSPS) is 10.3. The topological polar surface area (TPSA) is 60.8 Å². The van der Waals surface area contributed by atoms with Crippen molar-refractivity contribution in [1.82, 2.24) is 0 Å². The molecule has 2 rings (SSSR count). The minimum atomic E-state index is -0.589. The zero-order valence-electron chi connectivity index (χ0n) is 10.9. The van der Waals surface area contributed by atoms with Gasteiger partial charge in [-0.05, 0) is 37.3 Å². The lowest BCUT2D eigenvalue weighted by Crippen LogP contribution is -2.30. The number of carbonyl (C=O) groups excluding carboxylic acids is 1. The second-order valence-electron chi connectivity index (χ2n) is 4.20. The molecule has 0 aliphatic rings. The first-order valence-electron chi connectivity index (χ1n) is 6.13. The van der Waals surface area contributed by atoms with Crippen molar-refractivity contribution in [2.45, 2.75) is 6.92 Å². The molecule has 0 radical (unpaired) electrons. The summed E-state index contributed by atoms with van der Waals surface area (Å²) in [6, 6.07) is 9.63. The number of phenols is 2. The number of rotatable bonds is 3.